The normalized spacial score (nSPS) is 10.3. The molecule has 0 aliphatic heterocycles. The lowest BCUT2D eigenvalue weighted by Crippen LogP contribution is -2.19. The molecule has 0 unspecified atom stereocenters. The Bertz CT molecular complexity index is 580. The molecule has 2 aromatic rings. The minimum Gasteiger partial charge on any atom is -0.484 e. The van der Waals surface area contributed by atoms with Gasteiger partial charge in [-0.1, -0.05) is 0 Å². The number of rotatable bonds is 7. The van der Waals surface area contributed by atoms with Crippen molar-refractivity contribution >= 4 is 17.3 Å². The first kappa shape index (κ1) is 14.9. The zero-order chi connectivity index (χ0) is 15.1. The maximum Gasteiger partial charge on any atom is 0.262 e. The topological polar surface area (TPSA) is 91.4 Å². The number of nitrogens with zero attached hydrogens (tertiary/aromatic N) is 2. The molecule has 2 rings (SSSR count). The van der Waals surface area contributed by atoms with Crippen molar-refractivity contribution in [2.75, 3.05) is 31.4 Å². The molecule has 0 spiro atoms. The van der Waals surface area contributed by atoms with Crippen molar-refractivity contribution in [3.63, 3.8) is 0 Å². The summed E-state index contributed by atoms with van der Waals surface area (Å²) in [6, 6.07) is 6.86. The molecule has 1 amide bonds. The van der Waals surface area contributed by atoms with Crippen LogP contribution in [0.1, 0.15) is 0 Å². The lowest BCUT2D eigenvalue weighted by Gasteiger charge is -2.06. The second-order valence-corrected chi connectivity index (χ2v) is 4.39. The Hall–Kier alpha value is -2.54. The fourth-order valence-corrected chi connectivity index (χ4v) is 1.65. The molecule has 0 aliphatic rings. The van der Waals surface area contributed by atoms with Crippen molar-refractivity contribution in [1.29, 1.82) is 0 Å². The predicted molar refractivity (Wildman–Crippen MR) is 79.1 cm³/mol. The number of ether oxygens (including phenoxy) is 2. The van der Waals surface area contributed by atoms with E-state index in [0.717, 1.165) is 0 Å². The van der Waals surface area contributed by atoms with E-state index >= 15 is 0 Å². The molecule has 0 saturated carbocycles. The number of carbonyl (C=O) groups excluding carboxylic acids is 1. The van der Waals surface area contributed by atoms with E-state index in [9.17, 15) is 4.79 Å². The van der Waals surface area contributed by atoms with Crippen LogP contribution in [0, 0.1) is 0 Å². The minimum atomic E-state index is -0.252. The van der Waals surface area contributed by atoms with Crippen LogP contribution in [0.15, 0.2) is 36.7 Å². The number of aromatic nitrogens is 2. The van der Waals surface area contributed by atoms with Gasteiger partial charge in [0.05, 0.1) is 25.0 Å². The van der Waals surface area contributed by atoms with Crippen molar-refractivity contribution in [1.82, 2.24) is 9.78 Å². The van der Waals surface area contributed by atoms with Gasteiger partial charge < -0.3 is 20.5 Å². The maximum absolute atomic E-state index is 11.8. The first-order chi connectivity index (χ1) is 10.2. The molecule has 7 heteroatoms. The molecule has 0 aliphatic carbocycles. The summed E-state index contributed by atoms with van der Waals surface area (Å²) >= 11 is 0. The maximum atomic E-state index is 11.8. The van der Waals surface area contributed by atoms with E-state index < -0.39 is 0 Å². The van der Waals surface area contributed by atoms with E-state index in [2.05, 4.69) is 10.4 Å². The van der Waals surface area contributed by atoms with E-state index in [1.54, 1.807) is 48.5 Å². The Morgan fingerprint density at radius 3 is 2.86 bits per heavy atom. The summed E-state index contributed by atoms with van der Waals surface area (Å²) in [6.07, 6.45) is 3.32. The van der Waals surface area contributed by atoms with Crippen LogP contribution in [0.3, 0.4) is 0 Å². The second kappa shape index (κ2) is 7.30. The molecule has 1 aromatic carbocycles. The van der Waals surface area contributed by atoms with Gasteiger partial charge in [0.1, 0.15) is 5.75 Å². The highest BCUT2D eigenvalue weighted by Crippen LogP contribution is 2.13. The number of hydrogen-bond acceptors (Lipinski definition) is 5. The van der Waals surface area contributed by atoms with Gasteiger partial charge in [-0.2, -0.15) is 5.10 Å². The van der Waals surface area contributed by atoms with Gasteiger partial charge in [0.25, 0.3) is 5.91 Å². The largest absolute Gasteiger partial charge is 0.484 e. The molecule has 1 heterocycles. The number of nitrogen functional groups attached to an aromatic ring is 1. The van der Waals surface area contributed by atoms with Crippen molar-refractivity contribution in [2.24, 2.45) is 0 Å². The highest BCUT2D eigenvalue weighted by atomic mass is 16.5. The number of anilines is 2. The SMILES string of the molecule is COCCn1cc(NC(=O)COc2ccc(N)cc2)cn1. The molecule has 0 fully saturated rings. The smallest absolute Gasteiger partial charge is 0.262 e. The summed E-state index contributed by atoms with van der Waals surface area (Å²) in [5.41, 5.74) is 6.84. The molecule has 21 heavy (non-hydrogen) atoms. The van der Waals surface area contributed by atoms with E-state index in [1.165, 1.54) is 0 Å². The van der Waals surface area contributed by atoms with Crippen LogP contribution in [-0.2, 0) is 16.1 Å². The van der Waals surface area contributed by atoms with E-state index in [4.69, 9.17) is 15.2 Å². The first-order valence-electron chi connectivity index (χ1n) is 6.47. The molecule has 3 N–H and O–H groups in total. The Morgan fingerprint density at radius 2 is 2.14 bits per heavy atom. The third kappa shape index (κ3) is 4.81. The van der Waals surface area contributed by atoms with Crippen LogP contribution < -0.4 is 15.8 Å². The molecule has 112 valence electrons. The molecular weight excluding hydrogens is 272 g/mol. The molecule has 0 radical (unpaired) electrons. The standard InChI is InChI=1S/C14H18N4O3/c1-20-7-6-18-9-12(8-16-18)17-14(19)10-21-13-4-2-11(15)3-5-13/h2-5,8-9H,6-7,10,15H2,1H3,(H,17,19). The first-order valence-corrected chi connectivity index (χ1v) is 6.47. The number of hydrogen-bond donors (Lipinski definition) is 2. The molecule has 7 nitrogen and oxygen atoms in total. The van der Waals surface area contributed by atoms with Crippen LogP contribution in [0.25, 0.3) is 0 Å². The average Bonchev–Trinajstić information content (AvgIpc) is 2.92. The third-order valence-electron chi connectivity index (χ3n) is 2.69. The fourth-order valence-electron chi connectivity index (χ4n) is 1.65. The van der Waals surface area contributed by atoms with Crippen molar-refractivity contribution in [3.05, 3.63) is 36.7 Å². The van der Waals surface area contributed by atoms with Gasteiger partial charge in [0, 0.05) is 19.0 Å². The van der Waals surface area contributed by atoms with Gasteiger partial charge in [-0.05, 0) is 24.3 Å². The van der Waals surface area contributed by atoms with Crippen molar-refractivity contribution in [2.45, 2.75) is 6.54 Å². The lowest BCUT2D eigenvalue weighted by molar-refractivity contribution is -0.118. The zero-order valence-corrected chi connectivity index (χ0v) is 11.8. The van der Waals surface area contributed by atoms with Crippen LogP contribution in [-0.4, -0.2) is 36.0 Å². The number of methoxy groups -OCH3 is 1. The summed E-state index contributed by atoms with van der Waals surface area (Å²) < 4.78 is 12.0. The zero-order valence-electron chi connectivity index (χ0n) is 11.8. The molecular formula is C14H18N4O3. The van der Waals surface area contributed by atoms with Crippen molar-refractivity contribution < 1.29 is 14.3 Å². The van der Waals surface area contributed by atoms with Crippen LogP contribution in [0.2, 0.25) is 0 Å². The van der Waals surface area contributed by atoms with Crippen molar-refractivity contribution in [3.8, 4) is 5.75 Å². The predicted octanol–water partition coefficient (Wildman–Crippen LogP) is 1.13. The van der Waals surface area contributed by atoms with E-state index in [-0.39, 0.29) is 12.5 Å². The van der Waals surface area contributed by atoms with Gasteiger partial charge in [-0.25, -0.2) is 0 Å². The monoisotopic (exact) mass is 290 g/mol. The van der Waals surface area contributed by atoms with E-state index in [1.807, 2.05) is 0 Å². The Labute approximate surface area is 122 Å². The lowest BCUT2D eigenvalue weighted by atomic mass is 10.3. The second-order valence-electron chi connectivity index (χ2n) is 4.39. The summed E-state index contributed by atoms with van der Waals surface area (Å²) in [6.45, 7) is 1.12. The molecule has 1 aromatic heterocycles. The fraction of sp³-hybridized carbons (Fsp3) is 0.286. The Morgan fingerprint density at radius 1 is 1.38 bits per heavy atom. The molecule has 0 bridgehead atoms. The van der Waals surface area contributed by atoms with Gasteiger partial charge in [0.2, 0.25) is 0 Å². The number of nitrogens with two attached hydrogens (primary N) is 1. The molecule has 0 atom stereocenters. The Kier molecular flexibility index (Phi) is 5.16. The van der Waals surface area contributed by atoms with Gasteiger partial charge in [-0.3, -0.25) is 9.48 Å². The van der Waals surface area contributed by atoms with Crippen LogP contribution in [0.5, 0.6) is 5.75 Å². The Balaban J connectivity index is 1.78. The summed E-state index contributed by atoms with van der Waals surface area (Å²) in [5, 5.41) is 6.81. The number of carbonyl (C=O) groups is 1. The van der Waals surface area contributed by atoms with Crippen LogP contribution >= 0.6 is 0 Å². The summed E-state index contributed by atoms with van der Waals surface area (Å²) in [7, 11) is 1.63. The minimum absolute atomic E-state index is 0.0762. The third-order valence-corrected chi connectivity index (χ3v) is 2.69. The summed E-state index contributed by atoms with van der Waals surface area (Å²) in [4.78, 5) is 11.8. The highest BCUT2D eigenvalue weighted by Gasteiger charge is 2.05. The average molecular weight is 290 g/mol. The summed E-state index contributed by atoms with van der Waals surface area (Å²) in [5.74, 6) is 0.341. The van der Waals surface area contributed by atoms with Gasteiger partial charge in [0.15, 0.2) is 6.61 Å². The number of amides is 1. The number of benzene rings is 1. The quantitative estimate of drug-likeness (QED) is 0.746. The highest BCUT2D eigenvalue weighted by molar-refractivity contribution is 5.91. The number of nitrogens with one attached hydrogen (secondary N) is 1. The van der Waals surface area contributed by atoms with Gasteiger partial charge in [-0.15, -0.1) is 0 Å². The molecule has 0 saturated heterocycles. The van der Waals surface area contributed by atoms with E-state index in [0.29, 0.717) is 30.3 Å². The van der Waals surface area contributed by atoms with Crippen LogP contribution in [0.4, 0.5) is 11.4 Å². The van der Waals surface area contributed by atoms with Gasteiger partial charge >= 0.3 is 0 Å².